The molecule has 158 valence electrons. The van der Waals surface area contributed by atoms with Crippen molar-refractivity contribution in [2.75, 3.05) is 14.2 Å². The minimum Gasteiger partial charge on any atom is -0.497 e. The highest BCUT2D eigenvalue weighted by Crippen LogP contribution is 2.36. The van der Waals surface area contributed by atoms with Crippen LogP contribution in [-0.4, -0.2) is 31.2 Å². The van der Waals surface area contributed by atoms with Crippen molar-refractivity contribution in [1.82, 2.24) is 0 Å². The molecular weight excluding hydrogens is 352 g/mol. The summed E-state index contributed by atoms with van der Waals surface area (Å²) in [6, 6.07) is 0. The van der Waals surface area contributed by atoms with Crippen LogP contribution in [0.25, 0.3) is 0 Å². The number of carbonyl (C=O) groups is 1. The van der Waals surface area contributed by atoms with Crippen molar-refractivity contribution in [1.29, 1.82) is 0 Å². The summed E-state index contributed by atoms with van der Waals surface area (Å²) >= 11 is 0. The van der Waals surface area contributed by atoms with Crippen molar-refractivity contribution in [2.45, 2.75) is 72.8 Å². The number of ketones is 1. The van der Waals surface area contributed by atoms with Gasteiger partial charge in [0.25, 0.3) is 0 Å². The Morgan fingerprint density at radius 1 is 0.964 bits per heavy atom. The van der Waals surface area contributed by atoms with Gasteiger partial charge in [0.05, 0.1) is 14.2 Å². The molecule has 1 aliphatic carbocycles. The maximum absolute atomic E-state index is 12.4. The molecule has 1 N–H and O–H groups in total. The second-order valence-electron chi connectivity index (χ2n) is 8.06. The average Bonchev–Trinajstić information content (AvgIpc) is 2.64. The van der Waals surface area contributed by atoms with E-state index in [1.165, 1.54) is 23.8 Å². The summed E-state index contributed by atoms with van der Waals surface area (Å²) in [5.41, 5.74) is 4.07. The Bertz CT molecular complexity index is 648. The number of methoxy groups -OCH3 is 2. The molecule has 0 aromatic heterocycles. The monoisotopic (exact) mass is 390 g/mol. The van der Waals surface area contributed by atoms with E-state index in [-0.39, 0.29) is 23.4 Å². The van der Waals surface area contributed by atoms with Gasteiger partial charge in [-0.25, -0.2) is 0 Å². The van der Waals surface area contributed by atoms with E-state index in [0.29, 0.717) is 12.2 Å². The number of rotatable bonds is 10. The van der Waals surface area contributed by atoms with Gasteiger partial charge >= 0.3 is 0 Å². The number of aliphatic hydroxyl groups excluding tert-OH is 1. The van der Waals surface area contributed by atoms with Crippen LogP contribution in [0.4, 0.5) is 0 Å². The first-order valence-electron chi connectivity index (χ1n) is 10.2. The molecule has 0 aliphatic heterocycles. The summed E-state index contributed by atoms with van der Waals surface area (Å²) in [6.45, 7) is 10.5. The summed E-state index contributed by atoms with van der Waals surface area (Å²) < 4.78 is 10.5. The van der Waals surface area contributed by atoms with E-state index in [2.05, 4.69) is 45.9 Å². The minimum atomic E-state index is -1.05. The quantitative estimate of drug-likeness (QED) is 0.501. The second kappa shape index (κ2) is 11.9. The molecule has 0 amide bonds. The van der Waals surface area contributed by atoms with Gasteiger partial charge in [0.15, 0.2) is 0 Å². The molecule has 28 heavy (non-hydrogen) atoms. The maximum atomic E-state index is 12.4. The highest BCUT2D eigenvalue weighted by atomic mass is 16.5. The van der Waals surface area contributed by atoms with E-state index in [9.17, 15) is 9.90 Å². The van der Waals surface area contributed by atoms with Crippen LogP contribution in [0.3, 0.4) is 0 Å². The highest BCUT2D eigenvalue weighted by molar-refractivity contribution is 5.98. The van der Waals surface area contributed by atoms with E-state index >= 15 is 0 Å². The smallest absolute Gasteiger partial charge is 0.229 e. The molecule has 0 heterocycles. The number of ether oxygens (including phenoxy) is 2. The first kappa shape index (κ1) is 24.2. The highest BCUT2D eigenvalue weighted by Gasteiger charge is 2.42. The lowest BCUT2D eigenvalue weighted by atomic mass is 9.77. The van der Waals surface area contributed by atoms with Crippen LogP contribution in [0.2, 0.25) is 0 Å². The molecule has 4 nitrogen and oxygen atoms in total. The molecule has 3 atom stereocenters. The summed E-state index contributed by atoms with van der Waals surface area (Å²) in [4.78, 5) is 12.4. The number of allylic oxidation sites excluding steroid dienone is 7. The Labute approximate surface area is 171 Å². The zero-order valence-corrected chi connectivity index (χ0v) is 18.7. The third kappa shape index (κ3) is 6.97. The topological polar surface area (TPSA) is 55.8 Å². The van der Waals surface area contributed by atoms with Gasteiger partial charge in [0.1, 0.15) is 11.9 Å². The Morgan fingerprint density at radius 3 is 2.07 bits per heavy atom. The van der Waals surface area contributed by atoms with Gasteiger partial charge < -0.3 is 14.6 Å². The molecule has 0 radical (unpaired) electrons. The molecule has 1 aliphatic rings. The van der Waals surface area contributed by atoms with Gasteiger partial charge in [0, 0.05) is 11.8 Å². The van der Waals surface area contributed by atoms with E-state index in [4.69, 9.17) is 9.47 Å². The van der Waals surface area contributed by atoms with Crippen molar-refractivity contribution >= 4 is 5.78 Å². The van der Waals surface area contributed by atoms with Crippen molar-refractivity contribution in [3.8, 4) is 0 Å². The summed E-state index contributed by atoms with van der Waals surface area (Å²) in [5, 5.41) is 10.4. The summed E-state index contributed by atoms with van der Waals surface area (Å²) in [6.07, 6.45) is 10.5. The van der Waals surface area contributed by atoms with E-state index in [1.807, 2.05) is 6.92 Å². The van der Waals surface area contributed by atoms with Gasteiger partial charge in [-0.05, 0) is 59.8 Å². The van der Waals surface area contributed by atoms with Crippen LogP contribution in [0.5, 0.6) is 0 Å². The first-order chi connectivity index (χ1) is 13.2. The van der Waals surface area contributed by atoms with Crippen LogP contribution in [0.1, 0.15) is 66.7 Å². The molecular formula is C24H38O4. The van der Waals surface area contributed by atoms with Crippen LogP contribution in [0, 0.1) is 11.8 Å². The largest absolute Gasteiger partial charge is 0.497 e. The van der Waals surface area contributed by atoms with E-state index in [1.54, 1.807) is 7.11 Å². The Kier molecular flexibility index (Phi) is 10.3. The molecule has 1 rings (SSSR count). The number of Topliss-reactive ketones (excluding diaryl/α,β-unsaturated/α-hetero) is 1. The Morgan fingerprint density at radius 2 is 1.54 bits per heavy atom. The number of carbonyl (C=O) groups excluding carboxylic acids is 1. The normalized spacial score (nSPS) is 23.7. The van der Waals surface area contributed by atoms with Gasteiger partial charge in [-0.2, -0.15) is 0 Å². The van der Waals surface area contributed by atoms with Crippen LogP contribution >= 0.6 is 0 Å². The van der Waals surface area contributed by atoms with Gasteiger partial charge in [0.2, 0.25) is 11.5 Å². The molecule has 0 bridgehead atoms. The fraction of sp³-hybridized carbons (Fsp3) is 0.625. The van der Waals surface area contributed by atoms with E-state index in [0.717, 1.165) is 25.7 Å². The fourth-order valence-electron chi connectivity index (χ4n) is 3.61. The Balaban J connectivity index is 2.64. The molecule has 0 aromatic carbocycles. The van der Waals surface area contributed by atoms with Gasteiger partial charge in [-0.15, -0.1) is 0 Å². The predicted octanol–water partition coefficient (Wildman–Crippen LogP) is 5.50. The fourth-order valence-corrected chi connectivity index (χ4v) is 3.61. The Hall–Kier alpha value is -1.81. The molecule has 0 spiro atoms. The molecule has 2 unspecified atom stereocenters. The number of hydrogen-bond donors (Lipinski definition) is 1. The number of hydrogen-bond acceptors (Lipinski definition) is 4. The predicted molar refractivity (Wildman–Crippen MR) is 115 cm³/mol. The standard InChI is InChI=1S/C24H38O4/c1-16(2)10-8-11-17(3)12-9-13-18(4)14-15-20-19(5)23(27-6)24(28-7)22(26)21(20)25/h10,12,14,19-21,25H,8-9,11,13,15H2,1-7H3/b17-12+,18-14+/t19-,20?,21?/m1/s1. The summed E-state index contributed by atoms with van der Waals surface area (Å²) in [7, 11) is 2.98. The van der Waals surface area contributed by atoms with Gasteiger partial charge in [-0.3, -0.25) is 4.79 Å². The van der Waals surface area contributed by atoms with Crippen molar-refractivity contribution in [2.24, 2.45) is 11.8 Å². The minimum absolute atomic E-state index is 0.0751. The zero-order chi connectivity index (χ0) is 21.3. The second-order valence-corrected chi connectivity index (χ2v) is 8.06. The third-order valence-electron chi connectivity index (χ3n) is 5.46. The molecule has 0 saturated heterocycles. The van der Waals surface area contributed by atoms with Crippen molar-refractivity contribution in [3.05, 3.63) is 46.5 Å². The van der Waals surface area contributed by atoms with Gasteiger partial charge in [-0.1, -0.05) is 41.9 Å². The average molecular weight is 391 g/mol. The van der Waals surface area contributed by atoms with Crippen LogP contribution < -0.4 is 0 Å². The van der Waals surface area contributed by atoms with Crippen LogP contribution in [-0.2, 0) is 14.3 Å². The SMILES string of the molecule is COC1=C(OC)[C@H](C)C(C/C=C(\C)CC/C=C(\C)CCC=C(C)C)C(O)C1=O. The maximum Gasteiger partial charge on any atom is 0.229 e. The van der Waals surface area contributed by atoms with Crippen molar-refractivity contribution in [3.63, 3.8) is 0 Å². The summed E-state index contributed by atoms with van der Waals surface area (Å²) in [5.74, 6) is 0.0203. The zero-order valence-electron chi connectivity index (χ0n) is 18.7. The molecule has 0 aromatic rings. The lowest BCUT2D eigenvalue weighted by Gasteiger charge is -2.33. The molecule has 0 fully saturated rings. The lowest BCUT2D eigenvalue weighted by Crippen LogP contribution is -2.41. The van der Waals surface area contributed by atoms with E-state index < -0.39 is 6.10 Å². The van der Waals surface area contributed by atoms with Crippen molar-refractivity contribution < 1.29 is 19.4 Å². The lowest BCUT2D eigenvalue weighted by molar-refractivity contribution is -0.133. The molecule has 4 heteroatoms. The number of aliphatic hydroxyl groups is 1. The molecule has 0 saturated carbocycles. The third-order valence-corrected chi connectivity index (χ3v) is 5.46. The first-order valence-corrected chi connectivity index (χ1v) is 10.2. The van der Waals surface area contributed by atoms with Crippen LogP contribution in [0.15, 0.2) is 46.5 Å².